The number of piperidine rings is 1. The number of carboxylic acids is 1. The lowest BCUT2D eigenvalue weighted by Gasteiger charge is -2.33. The number of rotatable bonds is 4. The largest absolute Gasteiger partial charge is 0.481 e. The van der Waals surface area contributed by atoms with Crippen LogP contribution in [0.15, 0.2) is 28.7 Å². The van der Waals surface area contributed by atoms with E-state index in [9.17, 15) is 4.79 Å². The molecule has 0 radical (unpaired) electrons. The van der Waals surface area contributed by atoms with Crippen LogP contribution in [0.3, 0.4) is 0 Å². The number of hydrogen-bond donors (Lipinski definition) is 1. The lowest BCUT2D eigenvalue weighted by Crippen LogP contribution is -2.33. The summed E-state index contributed by atoms with van der Waals surface area (Å²) in [5.41, 5.74) is 1.26. The van der Waals surface area contributed by atoms with E-state index in [2.05, 4.69) is 45.1 Å². The van der Waals surface area contributed by atoms with Gasteiger partial charge in [-0.1, -0.05) is 15.9 Å². The van der Waals surface area contributed by atoms with Gasteiger partial charge in [0.25, 0.3) is 0 Å². The first-order chi connectivity index (χ1) is 8.65. The molecular weight excluding hydrogens is 294 g/mol. The average molecular weight is 312 g/mol. The van der Waals surface area contributed by atoms with Crippen molar-refractivity contribution in [2.24, 2.45) is 5.92 Å². The maximum absolute atomic E-state index is 10.5. The van der Waals surface area contributed by atoms with Crippen LogP contribution in [0.4, 0.5) is 5.69 Å². The number of halogens is 1. The third kappa shape index (κ3) is 3.73. The van der Waals surface area contributed by atoms with Crippen molar-refractivity contribution in [3.8, 4) is 0 Å². The molecule has 1 heterocycles. The highest BCUT2D eigenvalue weighted by atomic mass is 79.9. The van der Waals surface area contributed by atoms with Crippen molar-refractivity contribution < 1.29 is 9.90 Å². The summed E-state index contributed by atoms with van der Waals surface area (Å²) in [6.07, 6.45) is 3.33. The number of hydrogen-bond acceptors (Lipinski definition) is 2. The topological polar surface area (TPSA) is 40.5 Å². The van der Waals surface area contributed by atoms with Gasteiger partial charge in [-0.2, -0.15) is 0 Å². The van der Waals surface area contributed by atoms with Gasteiger partial charge < -0.3 is 10.0 Å². The van der Waals surface area contributed by atoms with E-state index in [1.165, 1.54) is 5.69 Å². The third-order valence-electron chi connectivity index (χ3n) is 3.57. The molecule has 3 nitrogen and oxygen atoms in total. The number of benzene rings is 1. The minimum atomic E-state index is -0.676. The Morgan fingerprint density at radius 1 is 1.28 bits per heavy atom. The molecule has 98 valence electrons. The SMILES string of the molecule is O=C(O)CCC1CCN(c2ccc(Br)cc2)CC1. The van der Waals surface area contributed by atoms with Gasteiger partial charge in [0.2, 0.25) is 0 Å². The highest BCUT2D eigenvalue weighted by molar-refractivity contribution is 9.10. The van der Waals surface area contributed by atoms with Crippen LogP contribution in [-0.2, 0) is 4.79 Å². The predicted octanol–water partition coefficient (Wildman–Crippen LogP) is 3.53. The van der Waals surface area contributed by atoms with E-state index in [0.29, 0.717) is 12.3 Å². The van der Waals surface area contributed by atoms with E-state index in [-0.39, 0.29) is 0 Å². The first kappa shape index (κ1) is 13.4. The molecule has 1 aromatic carbocycles. The molecule has 1 aromatic rings. The predicted molar refractivity (Wildman–Crippen MR) is 75.9 cm³/mol. The number of carboxylic acid groups (broad SMARTS) is 1. The van der Waals surface area contributed by atoms with E-state index in [4.69, 9.17) is 5.11 Å². The van der Waals surface area contributed by atoms with Gasteiger partial charge in [-0.3, -0.25) is 4.79 Å². The van der Waals surface area contributed by atoms with Crippen molar-refractivity contribution in [2.45, 2.75) is 25.7 Å². The molecule has 18 heavy (non-hydrogen) atoms. The molecule has 0 aromatic heterocycles. The summed E-state index contributed by atoms with van der Waals surface area (Å²) in [6.45, 7) is 2.07. The monoisotopic (exact) mass is 311 g/mol. The van der Waals surface area contributed by atoms with Crippen LogP contribution < -0.4 is 4.90 Å². The molecule has 0 atom stereocenters. The molecule has 1 saturated heterocycles. The Labute approximate surface area is 116 Å². The van der Waals surface area contributed by atoms with Crippen LogP contribution in [0.2, 0.25) is 0 Å². The zero-order valence-corrected chi connectivity index (χ0v) is 11.9. The minimum Gasteiger partial charge on any atom is -0.481 e. The molecular formula is C14H18BrNO2. The average Bonchev–Trinajstić information content (AvgIpc) is 2.38. The van der Waals surface area contributed by atoms with Gasteiger partial charge >= 0.3 is 5.97 Å². The molecule has 0 bridgehead atoms. The fourth-order valence-electron chi connectivity index (χ4n) is 2.46. The maximum atomic E-state index is 10.5. The van der Waals surface area contributed by atoms with Crippen LogP contribution in [-0.4, -0.2) is 24.2 Å². The van der Waals surface area contributed by atoms with E-state index < -0.39 is 5.97 Å². The summed E-state index contributed by atoms with van der Waals surface area (Å²) >= 11 is 3.44. The Morgan fingerprint density at radius 2 is 1.89 bits per heavy atom. The van der Waals surface area contributed by atoms with E-state index >= 15 is 0 Å². The van der Waals surface area contributed by atoms with Gasteiger partial charge in [-0.15, -0.1) is 0 Å². The normalized spacial score (nSPS) is 16.8. The fraction of sp³-hybridized carbons (Fsp3) is 0.500. The highest BCUT2D eigenvalue weighted by Crippen LogP contribution is 2.26. The van der Waals surface area contributed by atoms with E-state index in [0.717, 1.165) is 36.8 Å². The molecule has 4 heteroatoms. The van der Waals surface area contributed by atoms with Gasteiger partial charge in [-0.25, -0.2) is 0 Å². The molecule has 0 saturated carbocycles. The van der Waals surface area contributed by atoms with Crippen molar-refractivity contribution >= 4 is 27.6 Å². The van der Waals surface area contributed by atoms with E-state index in [1.807, 2.05) is 0 Å². The second-order valence-electron chi connectivity index (χ2n) is 4.84. The lowest BCUT2D eigenvalue weighted by atomic mass is 9.92. The first-order valence-electron chi connectivity index (χ1n) is 6.37. The molecule has 0 spiro atoms. The van der Waals surface area contributed by atoms with Crippen LogP contribution in [0, 0.1) is 5.92 Å². The Hall–Kier alpha value is -1.03. The summed E-state index contributed by atoms with van der Waals surface area (Å²) in [7, 11) is 0. The second-order valence-corrected chi connectivity index (χ2v) is 5.75. The Bertz CT molecular complexity index is 397. The van der Waals surface area contributed by atoms with Crippen LogP contribution in [0.5, 0.6) is 0 Å². The van der Waals surface area contributed by atoms with Crippen LogP contribution in [0.25, 0.3) is 0 Å². The summed E-state index contributed by atoms with van der Waals surface area (Å²) in [4.78, 5) is 12.9. The van der Waals surface area contributed by atoms with Crippen molar-refractivity contribution in [3.05, 3.63) is 28.7 Å². The highest BCUT2D eigenvalue weighted by Gasteiger charge is 2.19. The Morgan fingerprint density at radius 3 is 2.44 bits per heavy atom. The molecule has 1 aliphatic heterocycles. The molecule has 0 amide bonds. The number of carbonyl (C=O) groups is 1. The molecule has 0 aliphatic carbocycles. The molecule has 0 unspecified atom stereocenters. The maximum Gasteiger partial charge on any atom is 0.303 e. The van der Waals surface area contributed by atoms with Gasteiger partial charge in [0.15, 0.2) is 0 Å². The smallest absolute Gasteiger partial charge is 0.303 e. The first-order valence-corrected chi connectivity index (χ1v) is 7.17. The summed E-state index contributed by atoms with van der Waals surface area (Å²) in [5, 5.41) is 8.69. The Balaban J connectivity index is 1.83. The van der Waals surface area contributed by atoms with Crippen molar-refractivity contribution in [2.75, 3.05) is 18.0 Å². The van der Waals surface area contributed by atoms with Gasteiger partial charge in [0, 0.05) is 29.7 Å². The fourth-order valence-corrected chi connectivity index (χ4v) is 2.72. The van der Waals surface area contributed by atoms with Gasteiger partial charge in [-0.05, 0) is 49.4 Å². The quantitative estimate of drug-likeness (QED) is 0.924. The number of nitrogens with zero attached hydrogens (tertiary/aromatic N) is 1. The van der Waals surface area contributed by atoms with Gasteiger partial charge in [0.1, 0.15) is 0 Å². The second kappa shape index (κ2) is 6.23. The third-order valence-corrected chi connectivity index (χ3v) is 4.10. The lowest BCUT2D eigenvalue weighted by molar-refractivity contribution is -0.137. The molecule has 1 aliphatic rings. The summed E-state index contributed by atoms with van der Waals surface area (Å²) in [6, 6.07) is 8.38. The minimum absolute atomic E-state index is 0.308. The molecule has 2 rings (SSSR count). The van der Waals surface area contributed by atoms with Crippen LogP contribution >= 0.6 is 15.9 Å². The van der Waals surface area contributed by atoms with Crippen molar-refractivity contribution in [1.29, 1.82) is 0 Å². The molecule has 1 fully saturated rings. The van der Waals surface area contributed by atoms with Crippen LogP contribution in [0.1, 0.15) is 25.7 Å². The van der Waals surface area contributed by atoms with Crippen molar-refractivity contribution in [1.82, 2.24) is 0 Å². The van der Waals surface area contributed by atoms with E-state index in [1.54, 1.807) is 0 Å². The van der Waals surface area contributed by atoms with Crippen molar-refractivity contribution in [3.63, 3.8) is 0 Å². The number of aliphatic carboxylic acids is 1. The zero-order chi connectivity index (χ0) is 13.0. The standard InChI is InChI=1S/C14H18BrNO2/c15-12-2-4-13(5-3-12)16-9-7-11(8-10-16)1-6-14(17)18/h2-5,11H,1,6-10H2,(H,17,18). The zero-order valence-electron chi connectivity index (χ0n) is 10.3. The summed E-state index contributed by atoms with van der Waals surface area (Å²) < 4.78 is 1.10. The van der Waals surface area contributed by atoms with Gasteiger partial charge in [0.05, 0.1) is 0 Å². The summed E-state index contributed by atoms with van der Waals surface area (Å²) in [5.74, 6) is -0.0989. The Kier molecular flexibility index (Phi) is 4.64. The number of anilines is 1. The molecule has 1 N–H and O–H groups in total.